The van der Waals surface area contributed by atoms with Gasteiger partial charge < -0.3 is 9.47 Å². The molecule has 9 heteroatoms. The Morgan fingerprint density at radius 1 is 1.07 bits per heavy atom. The molecule has 1 aliphatic heterocycles. The van der Waals surface area contributed by atoms with Gasteiger partial charge in [-0.3, -0.25) is 0 Å². The minimum atomic E-state index is -3.55. The van der Waals surface area contributed by atoms with E-state index in [0.717, 1.165) is 0 Å². The first-order valence-electron chi connectivity index (χ1n) is 8.39. The zero-order valence-electron chi connectivity index (χ0n) is 14.7. The highest BCUT2D eigenvalue weighted by atomic mass is 35.5. The van der Waals surface area contributed by atoms with E-state index in [1.54, 1.807) is 18.2 Å². The van der Waals surface area contributed by atoms with Crippen LogP contribution >= 0.6 is 23.2 Å². The molecule has 1 fully saturated rings. The second kappa shape index (κ2) is 9.07. The predicted octanol–water partition coefficient (Wildman–Crippen LogP) is 3.63. The molecule has 1 saturated heterocycles. The van der Waals surface area contributed by atoms with Gasteiger partial charge in [-0.1, -0.05) is 35.3 Å². The van der Waals surface area contributed by atoms with Crippen LogP contribution < -0.4 is 4.74 Å². The highest BCUT2D eigenvalue weighted by Gasteiger charge is 2.25. The Morgan fingerprint density at radius 2 is 1.75 bits per heavy atom. The standard InChI is InChI=1S/C19H17Cl2NO5S/c20-15-4-7-18(17(21)13-15)27-19(23)8-3-14-1-5-16(6-2-14)28(24,25)22-9-11-26-12-10-22/h1-8,13H,9-12H2/b8-3+. The van der Waals surface area contributed by atoms with E-state index in [-0.39, 0.29) is 15.7 Å². The number of rotatable bonds is 5. The summed E-state index contributed by atoms with van der Waals surface area (Å²) in [5.74, 6) is -0.415. The maximum Gasteiger partial charge on any atom is 0.336 e. The fourth-order valence-corrected chi connectivity index (χ4v) is 4.41. The number of hydrogen-bond donors (Lipinski definition) is 0. The summed E-state index contributed by atoms with van der Waals surface area (Å²) in [5, 5.41) is 0.666. The van der Waals surface area contributed by atoms with E-state index in [0.29, 0.717) is 36.9 Å². The molecule has 2 aromatic carbocycles. The molecule has 0 radical (unpaired) electrons. The Balaban J connectivity index is 1.65. The molecule has 0 saturated carbocycles. The van der Waals surface area contributed by atoms with E-state index in [2.05, 4.69) is 0 Å². The third-order valence-electron chi connectivity index (χ3n) is 4.00. The molecule has 0 aromatic heterocycles. The van der Waals surface area contributed by atoms with Crippen molar-refractivity contribution in [3.63, 3.8) is 0 Å². The summed E-state index contributed by atoms with van der Waals surface area (Å²) < 4.78 is 36.9. The van der Waals surface area contributed by atoms with Crippen molar-refractivity contribution in [2.24, 2.45) is 0 Å². The van der Waals surface area contributed by atoms with Crippen molar-refractivity contribution in [1.29, 1.82) is 0 Å². The number of morpholine rings is 1. The summed E-state index contributed by atoms with van der Waals surface area (Å²) in [5.41, 5.74) is 0.653. The van der Waals surface area contributed by atoms with Crippen LogP contribution in [0, 0.1) is 0 Å². The van der Waals surface area contributed by atoms with Crippen molar-refractivity contribution in [3.05, 3.63) is 64.1 Å². The van der Waals surface area contributed by atoms with Crippen LogP contribution in [0.5, 0.6) is 5.75 Å². The lowest BCUT2D eigenvalue weighted by molar-refractivity contribution is -0.128. The second-order valence-corrected chi connectivity index (χ2v) is 8.70. The largest absolute Gasteiger partial charge is 0.422 e. The minimum Gasteiger partial charge on any atom is -0.422 e. The van der Waals surface area contributed by atoms with Crippen LogP contribution in [0.2, 0.25) is 10.0 Å². The van der Waals surface area contributed by atoms with Crippen LogP contribution in [-0.4, -0.2) is 45.0 Å². The number of esters is 1. The minimum absolute atomic E-state index is 0.196. The molecule has 6 nitrogen and oxygen atoms in total. The summed E-state index contributed by atoms with van der Waals surface area (Å²) in [7, 11) is -3.55. The maximum atomic E-state index is 12.6. The lowest BCUT2D eigenvalue weighted by Gasteiger charge is -2.26. The van der Waals surface area contributed by atoms with Gasteiger partial charge in [0.2, 0.25) is 10.0 Å². The van der Waals surface area contributed by atoms with Gasteiger partial charge in [-0.15, -0.1) is 0 Å². The number of nitrogens with zero attached hydrogens (tertiary/aromatic N) is 1. The SMILES string of the molecule is O=C(/C=C/c1ccc(S(=O)(=O)N2CCOCC2)cc1)Oc1ccc(Cl)cc1Cl. The van der Waals surface area contributed by atoms with E-state index < -0.39 is 16.0 Å². The lowest BCUT2D eigenvalue weighted by Crippen LogP contribution is -2.40. The molecule has 2 aromatic rings. The summed E-state index contributed by atoms with van der Waals surface area (Å²) in [6, 6.07) is 10.8. The van der Waals surface area contributed by atoms with E-state index in [9.17, 15) is 13.2 Å². The van der Waals surface area contributed by atoms with E-state index in [4.69, 9.17) is 32.7 Å². The summed E-state index contributed by atoms with van der Waals surface area (Å²) in [6.07, 6.45) is 2.76. The molecule has 0 bridgehead atoms. The van der Waals surface area contributed by atoms with Crippen LogP contribution in [0.15, 0.2) is 53.4 Å². The molecular formula is C19H17Cl2NO5S. The van der Waals surface area contributed by atoms with Crippen LogP contribution in [0.4, 0.5) is 0 Å². The van der Waals surface area contributed by atoms with Gasteiger partial charge in [0.15, 0.2) is 0 Å². The zero-order chi connectivity index (χ0) is 20.1. The number of benzene rings is 2. The average molecular weight is 442 g/mol. The Labute approximate surface area is 173 Å². The molecule has 0 aliphatic carbocycles. The van der Waals surface area contributed by atoms with Crippen molar-refractivity contribution in [1.82, 2.24) is 4.31 Å². The van der Waals surface area contributed by atoms with Gasteiger partial charge in [0.1, 0.15) is 5.75 Å². The highest BCUT2D eigenvalue weighted by Crippen LogP contribution is 2.27. The predicted molar refractivity (Wildman–Crippen MR) is 107 cm³/mol. The number of carbonyl (C=O) groups excluding carboxylic acids is 1. The fraction of sp³-hybridized carbons (Fsp3) is 0.211. The fourth-order valence-electron chi connectivity index (χ4n) is 2.55. The average Bonchev–Trinajstić information content (AvgIpc) is 2.69. The van der Waals surface area contributed by atoms with Gasteiger partial charge in [0.05, 0.1) is 23.1 Å². The molecule has 148 valence electrons. The van der Waals surface area contributed by atoms with Crippen molar-refractivity contribution in [2.45, 2.75) is 4.90 Å². The van der Waals surface area contributed by atoms with Crippen molar-refractivity contribution < 1.29 is 22.7 Å². The second-order valence-electron chi connectivity index (χ2n) is 5.91. The Hall–Kier alpha value is -1.90. The smallest absolute Gasteiger partial charge is 0.336 e. The van der Waals surface area contributed by atoms with Crippen LogP contribution in [0.25, 0.3) is 6.08 Å². The lowest BCUT2D eigenvalue weighted by atomic mass is 10.2. The topological polar surface area (TPSA) is 72.9 Å². The number of ether oxygens (including phenoxy) is 2. The molecule has 0 N–H and O–H groups in total. The Morgan fingerprint density at radius 3 is 2.39 bits per heavy atom. The molecule has 1 aliphatic rings. The van der Waals surface area contributed by atoms with Crippen LogP contribution in [-0.2, 0) is 19.6 Å². The quantitative estimate of drug-likeness (QED) is 0.402. The number of halogens is 2. The van der Waals surface area contributed by atoms with Crippen LogP contribution in [0.1, 0.15) is 5.56 Å². The van der Waals surface area contributed by atoms with E-state index >= 15 is 0 Å². The van der Waals surface area contributed by atoms with Crippen LogP contribution in [0.3, 0.4) is 0 Å². The first-order chi connectivity index (χ1) is 13.4. The number of carbonyl (C=O) groups is 1. The summed E-state index contributed by atoms with van der Waals surface area (Å²) in [4.78, 5) is 12.1. The molecule has 0 amide bonds. The van der Waals surface area contributed by atoms with Gasteiger partial charge in [-0.2, -0.15) is 4.31 Å². The first-order valence-corrected chi connectivity index (χ1v) is 10.6. The maximum absolute atomic E-state index is 12.6. The summed E-state index contributed by atoms with van der Waals surface area (Å²) in [6.45, 7) is 1.45. The molecule has 1 heterocycles. The zero-order valence-corrected chi connectivity index (χ0v) is 17.0. The molecule has 0 spiro atoms. The normalized spacial score (nSPS) is 15.6. The molecule has 28 heavy (non-hydrogen) atoms. The van der Waals surface area contributed by atoms with Crippen molar-refractivity contribution >= 4 is 45.3 Å². The van der Waals surface area contributed by atoms with Gasteiger partial charge in [0, 0.05) is 24.2 Å². The van der Waals surface area contributed by atoms with Gasteiger partial charge in [-0.05, 0) is 42.0 Å². The first kappa shape index (κ1) is 20.8. The molecule has 0 unspecified atom stereocenters. The monoisotopic (exact) mass is 441 g/mol. The van der Waals surface area contributed by atoms with Gasteiger partial charge in [-0.25, -0.2) is 13.2 Å². The Kier molecular flexibility index (Phi) is 6.74. The Bertz CT molecular complexity index is 984. The number of hydrogen-bond acceptors (Lipinski definition) is 5. The van der Waals surface area contributed by atoms with E-state index in [1.807, 2.05) is 0 Å². The third kappa shape index (κ3) is 5.12. The van der Waals surface area contributed by atoms with Crippen molar-refractivity contribution in [2.75, 3.05) is 26.3 Å². The number of sulfonamides is 1. The molecule has 3 rings (SSSR count). The highest BCUT2D eigenvalue weighted by molar-refractivity contribution is 7.89. The van der Waals surface area contributed by atoms with Gasteiger partial charge in [0.25, 0.3) is 0 Å². The van der Waals surface area contributed by atoms with Gasteiger partial charge >= 0.3 is 5.97 Å². The molecule has 0 atom stereocenters. The molecular weight excluding hydrogens is 425 g/mol. The van der Waals surface area contributed by atoms with Crippen molar-refractivity contribution in [3.8, 4) is 5.75 Å². The van der Waals surface area contributed by atoms with E-state index in [1.165, 1.54) is 40.7 Å². The third-order valence-corrected chi connectivity index (χ3v) is 6.45. The summed E-state index contributed by atoms with van der Waals surface area (Å²) >= 11 is 11.8.